The van der Waals surface area contributed by atoms with Crippen LogP contribution in [0, 0.1) is 5.92 Å². The fourth-order valence-electron chi connectivity index (χ4n) is 2.72. The highest BCUT2D eigenvalue weighted by atomic mass is 16.3. The van der Waals surface area contributed by atoms with Crippen LogP contribution in [0.3, 0.4) is 0 Å². The number of aromatic nitrogens is 2. The SMILES string of the molecule is OCC1CCc2cnc(Cc3cccc(O)c3)n2C1. The van der Waals surface area contributed by atoms with Gasteiger partial charge in [-0.2, -0.15) is 0 Å². The molecule has 4 nitrogen and oxygen atoms in total. The Hall–Kier alpha value is -1.81. The van der Waals surface area contributed by atoms with Crippen molar-refractivity contribution in [2.45, 2.75) is 25.8 Å². The molecule has 1 atom stereocenters. The molecule has 2 heterocycles. The van der Waals surface area contributed by atoms with E-state index in [0.717, 1.165) is 30.8 Å². The molecule has 100 valence electrons. The van der Waals surface area contributed by atoms with Crippen molar-refractivity contribution in [3.8, 4) is 5.75 Å². The molecule has 1 aromatic heterocycles. The Morgan fingerprint density at radius 1 is 1.37 bits per heavy atom. The molecule has 1 aliphatic rings. The predicted octanol–water partition coefficient (Wildman–Crippen LogP) is 1.73. The number of phenolic OH excluding ortho intramolecular Hbond substituents is 1. The fourth-order valence-corrected chi connectivity index (χ4v) is 2.72. The lowest BCUT2D eigenvalue weighted by molar-refractivity contribution is 0.190. The van der Waals surface area contributed by atoms with Gasteiger partial charge in [-0.25, -0.2) is 4.98 Å². The van der Waals surface area contributed by atoms with E-state index in [-0.39, 0.29) is 12.4 Å². The number of hydrogen-bond donors (Lipinski definition) is 2. The summed E-state index contributed by atoms with van der Waals surface area (Å²) < 4.78 is 2.22. The molecule has 1 aliphatic heterocycles. The largest absolute Gasteiger partial charge is 0.508 e. The van der Waals surface area contributed by atoms with Crippen LogP contribution in [0.1, 0.15) is 23.5 Å². The summed E-state index contributed by atoms with van der Waals surface area (Å²) in [5, 5.41) is 18.8. The van der Waals surface area contributed by atoms with Crippen molar-refractivity contribution < 1.29 is 10.2 Å². The summed E-state index contributed by atoms with van der Waals surface area (Å²) in [7, 11) is 0. The molecule has 0 saturated carbocycles. The number of nitrogens with zero attached hydrogens (tertiary/aromatic N) is 2. The average Bonchev–Trinajstić information content (AvgIpc) is 2.81. The molecule has 2 N–H and O–H groups in total. The maximum atomic E-state index is 9.50. The van der Waals surface area contributed by atoms with Crippen molar-refractivity contribution >= 4 is 0 Å². The zero-order chi connectivity index (χ0) is 13.2. The highest BCUT2D eigenvalue weighted by Crippen LogP contribution is 2.23. The molecule has 3 rings (SSSR count). The minimum absolute atomic E-state index is 0.239. The maximum absolute atomic E-state index is 9.50. The van der Waals surface area contributed by atoms with Gasteiger partial charge in [-0.3, -0.25) is 0 Å². The fraction of sp³-hybridized carbons (Fsp3) is 0.400. The topological polar surface area (TPSA) is 58.3 Å². The van der Waals surface area contributed by atoms with Crippen molar-refractivity contribution in [2.75, 3.05) is 6.61 Å². The molecule has 0 aliphatic carbocycles. The number of rotatable bonds is 3. The van der Waals surface area contributed by atoms with E-state index in [1.165, 1.54) is 5.69 Å². The third kappa shape index (κ3) is 2.49. The van der Waals surface area contributed by atoms with Gasteiger partial charge in [0.25, 0.3) is 0 Å². The Labute approximate surface area is 112 Å². The molecule has 0 radical (unpaired) electrons. The summed E-state index contributed by atoms with van der Waals surface area (Å²) in [6.45, 7) is 1.09. The first-order chi connectivity index (χ1) is 9.26. The van der Waals surface area contributed by atoms with Crippen molar-refractivity contribution in [1.29, 1.82) is 0 Å². The summed E-state index contributed by atoms with van der Waals surface area (Å²) >= 11 is 0. The van der Waals surface area contributed by atoms with E-state index in [1.54, 1.807) is 12.1 Å². The molecule has 2 aromatic rings. The molecule has 1 unspecified atom stereocenters. The number of imidazole rings is 1. The smallest absolute Gasteiger partial charge is 0.115 e. The monoisotopic (exact) mass is 258 g/mol. The number of hydrogen-bond acceptors (Lipinski definition) is 3. The number of fused-ring (bicyclic) bond motifs is 1. The molecule has 1 aromatic carbocycles. The zero-order valence-electron chi connectivity index (χ0n) is 10.8. The average molecular weight is 258 g/mol. The van der Waals surface area contributed by atoms with E-state index in [0.29, 0.717) is 12.3 Å². The van der Waals surface area contributed by atoms with Crippen LogP contribution in [0.15, 0.2) is 30.5 Å². The zero-order valence-corrected chi connectivity index (χ0v) is 10.8. The summed E-state index contributed by atoms with van der Waals surface area (Å²) in [6.07, 6.45) is 4.67. The molecule has 4 heteroatoms. The highest BCUT2D eigenvalue weighted by molar-refractivity contribution is 5.29. The number of aliphatic hydroxyl groups is 1. The van der Waals surface area contributed by atoms with E-state index in [2.05, 4.69) is 9.55 Å². The lowest BCUT2D eigenvalue weighted by Crippen LogP contribution is -2.24. The Morgan fingerprint density at radius 3 is 3.05 bits per heavy atom. The quantitative estimate of drug-likeness (QED) is 0.881. The number of phenols is 1. The first-order valence-electron chi connectivity index (χ1n) is 6.68. The molecular formula is C15H18N2O2. The highest BCUT2D eigenvalue weighted by Gasteiger charge is 2.20. The van der Waals surface area contributed by atoms with Crippen LogP contribution in [0.2, 0.25) is 0 Å². The second-order valence-corrected chi connectivity index (χ2v) is 5.21. The summed E-state index contributed by atoms with van der Waals surface area (Å²) in [6, 6.07) is 7.29. The normalized spacial score (nSPS) is 18.3. The summed E-state index contributed by atoms with van der Waals surface area (Å²) in [5.74, 6) is 1.64. The lowest BCUT2D eigenvalue weighted by atomic mass is 9.99. The van der Waals surface area contributed by atoms with Gasteiger partial charge in [0.15, 0.2) is 0 Å². The van der Waals surface area contributed by atoms with Gasteiger partial charge in [-0.05, 0) is 30.5 Å². The van der Waals surface area contributed by atoms with Gasteiger partial charge in [-0.15, -0.1) is 0 Å². The van der Waals surface area contributed by atoms with Gasteiger partial charge in [0.05, 0.1) is 0 Å². The van der Waals surface area contributed by atoms with Gasteiger partial charge in [-0.1, -0.05) is 12.1 Å². The van der Waals surface area contributed by atoms with Crippen LogP contribution in [-0.4, -0.2) is 26.4 Å². The molecule has 0 saturated heterocycles. The van der Waals surface area contributed by atoms with Crippen LogP contribution < -0.4 is 0 Å². The number of aromatic hydroxyl groups is 1. The predicted molar refractivity (Wildman–Crippen MR) is 72.0 cm³/mol. The van der Waals surface area contributed by atoms with Gasteiger partial charge in [0.2, 0.25) is 0 Å². The molecular weight excluding hydrogens is 240 g/mol. The minimum atomic E-state index is 0.239. The van der Waals surface area contributed by atoms with Crippen molar-refractivity contribution in [3.63, 3.8) is 0 Å². The van der Waals surface area contributed by atoms with Gasteiger partial charge >= 0.3 is 0 Å². The van der Waals surface area contributed by atoms with E-state index >= 15 is 0 Å². The summed E-state index contributed by atoms with van der Waals surface area (Å²) in [4.78, 5) is 4.49. The number of benzene rings is 1. The second kappa shape index (κ2) is 5.05. The van der Waals surface area contributed by atoms with E-state index in [4.69, 9.17) is 0 Å². The van der Waals surface area contributed by atoms with Gasteiger partial charge < -0.3 is 14.8 Å². The van der Waals surface area contributed by atoms with E-state index in [9.17, 15) is 10.2 Å². The molecule has 0 bridgehead atoms. The summed E-state index contributed by atoms with van der Waals surface area (Å²) in [5.41, 5.74) is 2.30. The molecule has 0 amide bonds. The third-order valence-corrected chi connectivity index (χ3v) is 3.80. The van der Waals surface area contributed by atoms with E-state index in [1.807, 2.05) is 18.3 Å². The van der Waals surface area contributed by atoms with Crippen LogP contribution in [0.4, 0.5) is 0 Å². The van der Waals surface area contributed by atoms with Crippen LogP contribution >= 0.6 is 0 Å². The molecule has 19 heavy (non-hydrogen) atoms. The molecule has 0 spiro atoms. The Morgan fingerprint density at radius 2 is 2.26 bits per heavy atom. The second-order valence-electron chi connectivity index (χ2n) is 5.21. The molecule has 0 fully saturated rings. The maximum Gasteiger partial charge on any atom is 0.115 e. The lowest BCUT2D eigenvalue weighted by Gasteiger charge is -2.23. The van der Waals surface area contributed by atoms with Crippen molar-refractivity contribution in [1.82, 2.24) is 9.55 Å². The Kier molecular flexibility index (Phi) is 3.25. The van der Waals surface area contributed by atoms with Crippen molar-refractivity contribution in [2.24, 2.45) is 5.92 Å². The standard InChI is InChI=1S/C15H18N2O2/c18-10-12-4-5-13-8-16-15(17(13)9-12)7-11-2-1-3-14(19)6-11/h1-3,6,8,12,18-19H,4-5,7,9-10H2. The first kappa shape index (κ1) is 12.2. The van der Waals surface area contributed by atoms with E-state index < -0.39 is 0 Å². The van der Waals surface area contributed by atoms with Gasteiger partial charge in [0, 0.05) is 37.4 Å². The van der Waals surface area contributed by atoms with Gasteiger partial charge in [0.1, 0.15) is 11.6 Å². The number of aliphatic hydroxyl groups excluding tert-OH is 1. The minimum Gasteiger partial charge on any atom is -0.508 e. The van der Waals surface area contributed by atoms with Crippen LogP contribution in [-0.2, 0) is 19.4 Å². The van der Waals surface area contributed by atoms with Crippen molar-refractivity contribution in [3.05, 3.63) is 47.5 Å². The Bertz CT molecular complexity index is 577. The van der Waals surface area contributed by atoms with Crippen LogP contribution in [0.25, 0.3) is 0 Å². The Balaban J connectivity index is 1.85. The first-order valence-corrected chi connectivity index (χ1v) is 6.68. The number of aryl methyl sites for hydroxylation is 1. The third-order valence-electron chi connectivity index (χ3n) is 3.80. The van der Waals surface area contributed by atoms with Crippen LogP contribution in [0.5, 0.6) is 5.75 Å².